The summed E-state index contributed by atoms with van der Waals surface area (Å²) in [7, 11) is 1.61. The van der Waals surface area contributed by atoms with E-state index in [4.69, 9.17) is 9.47 Å². The lowest BCUT2D eigenvalue weighted by Crippen LogP contribution is -2.30. The van der Waals surface area contributed by atoms with Gasteiger partial charge in [-0.05, 0) is 58.9 Å². The summed E-state index contributed by atoms with van der Waals surface area (Å²) in [6, 6.07) is 7.37. The van der Waals surface area contributed by atoms with Gasteiger partial charge in [-0.15, -0.1) is 11.3 Å². The standard InChI is InChI=1S/C18H21BrN2O4S/c1-4-25-18(23)13-7-8-26-17(13)21-16(22)10-20-11(2)12-5-6-15(24-3)14(19)9-12/h5-9,11,20H,4,10H2,1-3H3,(H,21,22). The Labute approximate surface area is 165 Å². The van der Waals surface area contributed by atoms with Crippen molar-refractivity contribution in [1.82, 2.24) is 5.32 Å². The van der Waals surface area contributed by atoms with Gasteiger partial charge >= 0.3 is 5.97 Å². The third-order valence-electron chi connectivity index (χ3n) is 3.66. The van der Waals surface area contributed by atoms with E-state index < -0.39 is 5.97 Å². The predicted octanol–water partition coefficient (Wildman–Crippen LogP) is 3.99. The van der Waals surface area contributed by atoms with Crippen molar-refractivity contribution >= 4 is 44.1 Å². The fraction of sp³-hybridized carbons (Fsp3) is 0.333. The van der Waals surface area contributed by atoms with Gasteiger partial charge in [-0.2, -0.15) is 0 Å². The van der Waals surface area contributed by atoms with E-state index in [0.29, 0.717) is 17.2 Å². The highest BCUT2D eigenvalue weighted by molar-refractivity contribution is 9.10. The number of carbonyl (C=O) groups is 2. The molecule has 0 spiro atoms. The summed E-state index contributed by atoms with van der Waals surface area (Å²) in [5.41, 5.74) is 1.39. The third-order valence-corrected chi connectivity index (χ3v) is 5.11. The Bertz CT molecular complexity index is 778. The van der Waals surface area contributed by atoms with E-state index in [0.717, 1.165) is 15.8 Å². The number of thiophene rings is 1. The first-order valence-electron chi connectivity index (χ1n) is 8.07. The molecule has 6 nitrogen and oxygen atoms in total. The summed E-state index contributed by atoms with van der Waals surface area (Å²) in [6.07, 6.45) is 0. The second-order valence-corrected chi connectivity index (χ2v) is 7.20. The minimum Gasteiger partial charge on any atom is -0.496 e. The summed E-state index contributed by atoms with van der Waals surface area (Å²) in [5, 5.41) is 8.16. The molecule has 0 radical (unpaired) electrons. The molecule has 26 heavy (non-hydrogen) atoms. The quantitative estimate of drug-likeness (QED) is 0.606. The first-order chi connectivity index (χ1) is 12.5. The molecule has 8 heteroatoms. The van der Waals surface area contributed by atoms with Crippen LogP contribution in [0.25, 0.3) is 0 Å². The van der Waals surface area contributed by atoms with Crippen LogP contribution < -0.4 is 15.4 Å². The fourth-order valence-corrected chi connectivity index (χ4v) is 3.61. The van der Waals surface area contributed by atoms with Crippen LogP contribution in [0.2, 0.25) is 0 Å². The summed E-state index contributed by atoms with van der Waals surface area (Å²) in [4.78, 5) is 24.0. The number of amides is 1. The van der Waals surface area contributed by atoms with Crippen LogP contribution in [0.4, 0.5) is 5.00 Å². The smallest absolute Gasteiger partial charge is 0.341 e. The van der Waals surface area contributed by atoms with Crippen LogP contribution in [0.5, 0.6) is 5.75 Å². The first kappa shape index (κ1) is 20.4. The van der Waals surface area contributed by atoms with E-state index in [2.05, 4.69) is 26.6 Å². The average Bonchev–Trinajstić information content (AvgIpc) is 3.08. The van der Waals surface area contributed by atoms with E-state index in [1.165, 1.54) is 11.3 Å². The van der Waals surface area contributed by atoms with Crippen LogP contribution in [0.3, 0.4) is 0 Å². The fourth-order valence-electron chi connectivity index (χ4n) is 2.26. The van der Waals surface area contributed by atoms with Gasteiger partial charge in [0.25, 0.3) is 0 Å². The number of hydrogen-bond donors (Lipinski definition) is 2. The van der Waals surface area contributed by atoms with Crippen LogP contribution >= 0.6 is 27.3 Å². The van der Waals surface area contributed by atoms with Crippen molar-refractivity contribution in [2.45, 2.75) is 19.9 Å². The lowest BCUT2D eigenvalue weighted by Gasteiger charge is -2.15. The molecule has 2 rings (SSSR count). The maximum atomic E-state index is 12.2. The van der Waals surface area contributed by atoms with Crippen molar-refractivity contribution in [3.8, 4) is 5.75 Å². The second kappa shape index (κ2) is 9.70. The molecule has 0 fully saturated rings. The molecule has 0 saturated carbocycles. The van der Waals surface area contributed by atoms with Gasteiger partial charge in [0.2, 0.25) is 5.91 Å². The van der Waals surface area contributed by atoms with Crippen molar-refractivity contribution in [3.05, 3.63) is 45.2 Å². The van der Waals surface area contributed by atoms with Gasteiger partial charge in [-0.25, -0.2) is 4.79 Å². The summed E-state index contributed by atoms with van der Waals surface area (Å²) >= 11 is 4.74. The van der Waals surface area contributed by atoms with Gasteiger partial charge in [0.15, 0.2) is 0 Å². The minimum absolute atomic E-state index is 0.0316. The normalized spacial score (nSPS) is 11.7. The molecule has 1 atom stereocenters. The van der Waals surface area contributed by atoms with Crippen molar-refractivity contribution in [2.75, 3.05) is 25.6 Å². The van der Waals surface area contributed by atoms with E-state index in [1.807, 2.05) is 25.1 Å². The van der Waals surface area contributed by atoms with Crippen LogP contribution in [0.15, 0.2) is 34.1 Å². The monoisotopic (exact) mass is 440 g/mol. The molecular formula is C18H21BrN2O4S. The molecule has 2 N–H and O–H groups in total. The highest BCUT2D eigenvalue weighted by Crippen LogP contribution is 2.28. The van der Waals surface area contributed by atoms with Gasteiger partial charge in [0.05, 0.1) is 30.3 Å². The molecule has 0 bridgehead atoms. The topological polar surface area (TPSA) is 76.7 Å². The lowest BCUT2D eigenvalue weighted by molar-refractivity contribution is -0.115. The van der Waals surface area contributed by atoms with Crippen molar-refractivity contribution in [3.63, 3.8) is 0 Å². The molecule has 0 aliphatic rings. The van der Waals surface area contributed by atoms with Gasteiger partial charge in [0, 0.05) is 6.04 Å². The number of halogens is 1. The average molecular weight is 441 g/mol. The number of nitrogens with one attached hydrogen (secondary N) is 2. The molecule has 2 aromatic rings. The first-order valence-corrected chi connectivity index (χ1v) is 9.74. The molecule has 1 amide bonds. The number of anilines is 1. The van der Waals surface area contributed by atoms with E-state index in [1.54, 1.807) is 25.5 Å². The van der Waals surface area contributed by atoms with E-state index in [9.17, 15) is 9.59 Å². The van der Waals surface area contributed by atoms with Crippen molar-refractivity contribution in [1.29, 1.82) is 0 Å². The van der Waals surface area contributed by atoms with Gasteiger partial charge in [-0.1, -0.05) is 6.07 Å². The SMILES string of the molecule is CCOC(=O)c1ccsc1NC(=O)CNC(C)c1ccc(OC)c(Br)c1. The van der Waals surface area contributed by atoms with Crippen LogP contribution in [-0.4, -0.2) is 32.1 Å². The minimum atomic E-state index is -0.437. The van der Waals surface area contributed by atoms with Gasteiger partial charge < -0.3 is 20.1 Å². The molecule has 0 aliphatic heterocycles. The molecule has 1 aromatic carbocycles. The number of methoxy groups -OCH3 is 1. The highest BCUT2D eigenvalue weighted by Gasteiger charge is 2.16. The number of carbonyl (C=O) groups excluding carboxylic acids is 2. The predicted molar refractivity (Wildman–Crippen MR) is 106 cm³/mol. The number of esters is 1. The lowest BCUT2D eigenvalue weighted by atomic mass is 10.1. The molecule has 1 heterocycles. The summed E-state index contributed by atoms with van der Waals surface area (Å²) in [6.45, 7) is 4.12. The Hall–Kier alpha value is -1.90. The number of ether oxygens (including phenoxy) is 2. The van der Waals surface area contributed by atoms with Crippen molar-refractivity contribution < 1.29 is 19.1 Å². The maximum absolute atomic E-state index is 12.2. The van der Waals surface area contributed by atoms with Crippen LogP contribution in [0.1, 0.15) is 35.8 Å². The van der Waals surface area contributed by atoms with E-state index in [-0.39, 0.29) is 18.5 Å². The number of rotatable bonds is 8. The van der Waals surface area contributed by atoms with Crippen LogP contribution in [0, 0.1) is 0 Å². The largest absolute Gasteiger partial charge is 0.496 e. The van der Waals surface area contributed by atoms with E-state index >= 15 is 0 Å². The zero-order chi connectivity index (χ0) is 19.1. The number of benzene rings is 1. The zero-order valence-corrected chi connectivity index (χ0v) is 17.2. The van der Waals surface area contributed by atoms with Crippen LogP contribution in [-0.2, 0) is 9.53 Å². The molecule has 140 valence electrons. The Morgan fingerprint density at radius 2 is 2.08 bits per heavy atom. The Balaban J connectivity index is 1.92. The Kier molecular flexibility index (Phi) is 7.62. The second-order valence-electron chi connectivity index (χ2n) is 5.43. The molecule has 1 aromatic heterocycles. The van der Waals surface area contributed by atoms with Gasteiger partial charge in [0.1, 0.15) is 10.8 Å². The molecule has 0 saturated heterocycles. The molecular weight excluding hydrogens is 420 g/mol. The Morgan fingerprint density at radius 3 is 2.73 bits per heavy atom. The van der Waals surface area contributed by atoms with Gasteiger partial charge in [-0.3, -0.25) is 4.79 Å². The molecule has 1 unspecified atom stereocenters. The highest BCUT2D eigenvalue weighted by atomic mass is 79.9. The molecule has 0 aliphatic carbocycles. The zero-order valence-electron chi connectivity index (χ0n) is 14.8. The summed E-state index contributed by atoms with van der Waals surface area (Å²) in [5.74, 6) is 0.0915. The maximum Gasteiger partial charge on any atom is 0.341 e. The Morgan fingerprint density at radius 1 is 1.31 bits per heavy atom. The summed E-state index contributed by atoms with van der Waals surface area (Å²) < 4.78 is 11.1. The number of hydrogen-bond acceptors (Lipinski definition) is 6. The van der Waals surface area contributed by atoms with Crippen molar-refractivity contribution in [2.24, 2.45) is 0 Å². The third kappa shape index (κ3) is 5.30.